The second-order valence-electron chi connectivity index (χ2n) is 8.52. The molecule has 1 aliphatic rings. The first-order valence-electron chi connectivity index (χ1n) is 11.2. The summed E-state index contributed by atoms with van der Waals surface area (Å²) >= 11 is 12.3. The second-order valence-corrected chi connectivity index (χ2v) is 11.2. The van der Waals surface area contributed by atoms with Gasteiger partial charge in [-0.2, -0.15) is 0 Å². The Hall–Kier alpha value is -1.80. The lowest BCUT2D eigenvalue weighted by Crippen LogP contribution is -2.39. The number of nitrogens with zero attached hydrogens (tertiary/aromatic N) is 2. The summed E-state index contributed by atoms with van der Waals surface area (Å²) in [4.78, 5) is 15.0. The minimum absolute atomic E-state index is 0.0404. The number of piperidine rings is 1. The van der Waals surface area contributed by atoms with Crippen molar-refractivity contribution < 1.29 is 13.2 Å². The van der Waals surface area contributed by atoms with E-state index in [2.05, 4.69) is 17.1 Å². The second kappa shape index (κ2) is 11.6. The zero-order chi connectivity index (χ0) is 24.0. The third-order valence-electron chi connectivity index (χ3n) is 6.01. The fraction of sp³-hybridized carbons (Fsp3) is 0.458. The van der Waals surface area contributed by atoms with E-state index in [0.717, 1.165) is 25.8 Å². The molecule has 0 aromatic heterocycles. The molecule has 2 aromatic carbocycles. The Kier molecular flexibility index (Phi) is 9.04. The highest BCUT2D eigenvalue weighted by atomic mass is 35.5. The Bertz CT molecular complexity index is 1060. The van der Waals surface area contributed by atoms with Crippen LogP contribution >= 0.6 is 23.2 Å². The molecule has 9 heteroatoms. The fourth-order valence-corrected chi connectivity index (χ4v) is 5.34. The third-order valence-corrected chi connectivity index (χ3v) is 8.01. The van der Waals surface area contributed by atoms with Crippen molar-refractivity contribution in [3.63, 3.8) is 0 Å². The van der Waals surface area contributed by atoms with Crippen LogP contribution in [0.3, 0.4) is 0 Å². The lowest BCUT2D eigenvalue weighted by atomic mass is 10.0. The molecule has 1 N–H and O–H groups in total. The number of anilines is 1. The topological polar surface area (TPSA) is 69.7 Å². The van der Waals surface area contributed by atoms with Crippen LogP contribution in [0.15, 0.2) is 42.5 Å². The molecule has 3 rings (SSSR count). The van der Waals surface area contributed by atoms with Gasteiger partial charge in [0.05, 0.1) is 28.5 Å². The molecule has 1 amide bonds. The predicted octanol–water partition coefficient (Wildman–Crippen LogP) is 4.95. The molecule has 1 unspecified atom stereocenters. The number of nitrogens with one attached hydrogen (secondary N) is 1. The Balaban J connectivity index is 1.60. The fourth-order valence-electron chi connectivity index (χ4n) is 4.08. The van der Waals surface area contributed by atoms with Gasteiger partial charge in [-0.1, -0.05) is 41.8 Å². The van der Waals surface area contributed by atoms with E-state index < -0.39 is 10.0 Å². The maximum absolute atomic E-state index is 12.5. The molecular weight excluding hydrogens is 481 g/mol. The molecule has 2 aromatic rings. The van der Waals surface area contributed by atoms with E-state index in [4.69, 9.17) is 23.2 Å². The van der Waals surface area contributed by atoms with Crippen LogP contribution in [0.25, 0.3) is 0 Å². The van der Waals surface area contributed by atoms with Crippen molar-refractivity contribution in [3.05, 3.63) is 63.6 Å². The normalized spacial score (nSPS) is 17.0. The first-order chi connectivity index (χ1) is 15.7. The zero-order valence-corrected chi connectivity index (χ0v) is 21.4. The van der Waals surface area contributed by atoms with Gasteiger partial charge in [0.15, 0.2) is 0 Å². The Labute approximate surface area is 206 Å². The SMILES string of the molecule is CC1CCCCN1CCCNC(=O)c1ccc(N(Cc2cccc(Cl)c2Cl)S(C)(=O)=O)cc1. The minimum atomic E-state index is -3.59. The van der Waals surface area contributed by atoms with Gasteiger partial charge in [-0.15, -0.1) is 0 Å². The first-order valence-corrected chi connectivity index (χ1v) is 13.8. The van der Waals surface area contributed by atoms with Crippen molar-refractivity contribution in [3.8, 4) is 0 Å². The van der Waals surface area contributed by atoms with Gasteiger partial charge in [-0.05, 0) is 68.6 Å². The zero-order valence-electron chi connectivity index (χ0n) is 19.1. The number of halogens is 2. The smallest absolute Gasteiger partial charge is 0.251 e. The van der Waals surface area contributed by atoms with E-state index in [0.29, 0.717) is 39.4 Å². The van der Waals surface area contributed by atoms with Crippen molar-refractivity contribution in [1.82, 2.24) is 10.2 Å². The van der Waals surface area contributed by atoms with E-state index >= 15 is 0 Å². The summed E-state index contributed by atoms with van der Waals surface area (Å²) in [6.45, 7) is 5.02. The minimum Gasteiger partial charge on any atom is -0.352 e. The molecule has 180 valence electrons. The molecule has 0 aliphatic carbocycles. The van der Waals surface area contributed by atoms with Crippen LogP contribution < -0.4 is 9.62 Å². The Morgan fingerprint density at radius 1 is 1.15 bits per heavy atom. The largest absolute Gasteiger partial charge is 0.352 e. The van der Waals surface area contributed by atoms with Gasteiger partial charge in [0.25, 0.3) is 5.91 Å². The van der Waals surface area contributed by atoms with Crippen molar-refractivity contribution in [2.45, 2.75) is 45.2 Å². The maximum atomic E-state index is 12.5. The molecule has 1 saturated heterocycles. The van der Waals surface area contributed by atoms with Gasteiger partial charge >= 0.3 is 0 Å². The van der Waals surface area contributed by atoms with E-state index in [1.54, 1.807) is 42.5 Å². The summed E-state index contributed by atoms with van der Waals surface area (Å²) in [5.41, 5.74) is 1.53. The molecule has 0 saturated carbocycles. The molecule has 0 spiro atoms. The van der Waals surface area contributed by atoms with Gasteiger partial charge in [0, 0.05) is 24.7 Å². The van der Waals surface area contributed by atoms with Crippen molar-refractivity contribution in [2.75, 3.05) is 30.2 Å². The standard InChI is InChI=1S/C24H31Cl2N3O3S/c1-18-7-3-4-15-28(18)16-6-14-27-24(30)19-10-12-21(13-11-19)29(33(2,31)32)17-20-8-5-9-22(25)23(20)26/h5,8-13,18H,3-4,6-7,14-17H2,1-2H3,(H,27,30). The van der Waals surface area contributed by atoms with Crippen LogP contribution in [0.2, 0.25) is 10.0 Å². The van der Waals surface area contributed by atoms with E-state index in [1.807, 2.05) is 0 Å². The van der Waals surface area contributed by atoms with Crippen LogP contribution in [0.4, 0.5) is 5.69 Å². The first kappa shape index (κ1) is 25.8. The quantitative estimate of drug-likeness (QED) is 0.483. The number of carbonyl (C=O) groups excluding carboxylic acids is 1. The number of amides is 1. The average Bonchev–Trinajstić information content (AvgIpc) is 2.78. The molecular formula is C24H31Cl2N3O3S. The summed E-state index contributed by atoms with van der Waals surface area (Å²) in [5.74, 6) is -0.169. The molecule has 1 heterocycles. The molecule has 33 heavy (non-hydrogen) atoms. The number of benzene rings is 2. The van der Waals surface area contributed by atoms with Crippen LogP contribution in [0, 0.1) is 0 Å². The third kappa shape index (κ3) is 7.09. The molecule has 1 fully saturated rings. The average molecular weight is 513 g/mol. The number of carbonyl (C=O) groups is 1. The Morgan fingerprint density at radius 3 is 2.55 bits per heavy atom. The van der Waals surface area contributed by atoms with Gasteiger partial charge in [-0.25, -0.2) is 8.42 Å². The number of hydrogen-bond donors (Lipinski definition) is 1. The van der Waals surface area contributed by atoms with Gasteiger partial charge < -0.3 is 10.2 Å². The summed E-state index contributed by atoms with van der Waals surface area (Å²) < 4.78 is 26.1. The number of likely N-dealkylation sites (tertiary alicyclic amines) is 1. The molecule has 1 aliphatic heterocycles. The van der Waals surface area contributed by atoms with Crippen LogP contribution in [0.5, 0.6) is 0 Å². The van der Waals surface area contributed by atoms with Gasteiger partial charge in [0.2, 0.25) is 10.0 Å². The van der Waals surface area contributed by atoms with Gasteiger partial charge in [-0.3, -0.25) is 9.10 Å². The summed E-state index contributed by atoms with van der Waals surface area (Å²) in [6.07, 6.45) is 5.82. The van der Waals surface area contributed by atoms with Crippen LogP contribution in [-0.2, 0) is 16.6 Å². The molecule has 1 atom stereocenters. The van der Waals surface area contributed by atoms with Crippen molar-refractivity contribution in [2.24, 2.45) is 0 Å². The number of rotatable bonds is 9. The van der Waals surface area contributed by atoms with E-state index in [-0.39, 0.29) is 12.5 Å². The summed E-state index contributed by atoms with van der Waals surface area (Å²) in [7, 11) is -3.59. The molecule has 6 nitrogen and oxygen atoms in total. The summed E-state index contributed by atoms with van der Waals surface area (Å²) in [6, 6.07) is 12.3. The highest BCUT2D eigenvalue weighted by Crippen LogP contribution is 2.29. The predicted molar refractivity (Wildman–Crippen MR) is 136 cm³/mol. The van der Waals surface area contributed by atoms with Gasteiger partial charge in [0.1, 0.15) is 0 Å². The molecule has 0 radical (unpaired) electrons. The number of hydrogen-bond acceptors (Lipinski definition) is 4. The lowest BCUT2D eigenvalue weighted by Gasteiger charge is -2.33. The highest BCUT2D eigenvalue weighted by Gasteiger charge is 2.21. The highest BCUT2D eigenvalue weighted by molar-refractivity contribution is 7.92. The van der Waals surface area contributed by atoms with Crippen LogP contribution in [0.1, 0.15) is 48.5 Å². The van der Waals surface area contributed by atoms with E-state index in [1.165, 1.54) is 23.6 Å². The Morgan fingerprint density at radius 2 is 1.88 bits per heavy atom. The molecule has 0 bridgehead atoms. The lowest BCUT2D eigenvalue weighted by molar-refractivity contribution is 0.0949. The monoisotopic (exact) mass is 511 g/mol. The van der Waals surface area contributed by atoms with Crippen molar-refractivity contribution >= 4 is 44.8 Å². The summed E-state index contributed by atoms with van der Waals surface area (Å²) in [5, 5.41) is 3.64. The van der Waals surface area contributed by atoms with E-state index in [9.17, 15) is 13.2 Å². The van der Waals surface area contributed by atoms with Crippen LogP contribution in [-0.4, -0.2) is 51.2 Å². The van der Waals surface area contributed by atoms with Crippen molar-refractivity contribution in [1.29, 1.82) is 0 Å². The maximum Gasteiger partial charge on any atom is 0.251 e. The number of sulfonamides is 1.